The molecule has 0 saturated heterocycles. The molecule has 5 heteroatoms. The van der Waals surface area contributed by atoms with Crippen molar-refractivity contribution in [3.8, 4) is 11.5 Å². The number of rotatable bonds is 4. The van der Waals surface area contributed by atoms with Gasteiger partial charge < -0.3 is 4.74 Å². The maximum absolute atomic E-state index is 6.13. The Bertz CT molecular complexity index is 626. The third-order valence-corrected chi connectivity index (χ3v) is 4.16. The SMILES string of the molecule is C=CCc1ccccc1Oc1c(Cl)c(Cl)cc(Cl)c1Cl. The molecule has 0 aliphatic rings. The molecule has 0 unspecified atom stereocenters. The molecule has 2 aromatic carbocycles. The van der Waals surface area contributed by atoms with Crippen LogP contribution >= 0.6 is 46.4 Å². The zero-order chi connectivity index (χ0) is 14.7. The summed E-state index contributed by atoms with van der Waals surface area (Å²) >= 11 is 24.2. The van der Waals surface area contributed by atoms with E-state index in [1.807, 2.05) is 24.3 Å². The second-order valence-corrected chi connectivity index (χ2v) is 5.57. The van der Waals surface area contributed by atoms with Crippen LogP contribution in [-0.4, -0.2) is 0 Å². The molecule has 0 spiro atoms. The fourth-order valence-electron chi connectivity index (χ4n) is 1.68. The van der Waals surface area contributed by atoms with Gasteiger partial charge in [0, 0.05) is 0 Å². The number of allylic oxidation sites excluding steroid dienone is 1. The number of hydrogen-bond acceptors (Lipinski definition) is 1. The number of ether oxygens (including phenoxy) is 1. The van der Waals surface area contributed by atoms with Gasteiger partial charge in [-0.25, -0.2) is 0 Å². The van der Waals surface area contributed by atoms with Crippen LogP contribution in [0.3, 0.4) is 0 Å². The van der Waals surface area contributed by atoms with Crippen molar-refractivity contribution in [1.29, 1.82) is 0 Å². The van der Waals surface area contributed by atoms with E-state index in [0.29, 0.717) is 12.2 Å². The maximum Gasteiger partial charge on any atom is 0.167 e. The number of para-hydroxylation sites is 1. The van der Waals surface area contributed by atoms with Gasteiger partial charge in [-0.05, 0) is 24.1 Å². The smallest absolute Gasteiger partial charge is 0.167 e. The monoisotopic (exact) mass is 346 g/mol. The van der Waals surface area contributed by atoms with E-state index >= 15 is 0 Å². The molecule has 0 atom stereocenters. The molecule has 0 amide bonds. The Balaban J connectivity index is 2.48. The minimum absolute atomic E-state index is 0.231. The van der Waals surface area contributed by atoms with Gasteiger partial charge in [-0.3, -0.25) is 0 Å². The summed E-state index contributed by atoms with van der Waals surface area (Å²) in [6.07, 6.45) is 2.45. The van der Waals surface area contributed by atoms with Crippen molar-refractivity contribution in [3.63, 3.8) is 0 Å². The van der Waals surface area contributed by atoms with Gasteiger partial charge in [0.05, 0.1) is 10.0 Å². The van der Waals surface area contributed by atoms with Crippen LogP contribution in [0.4, 0.5) is 0 Å². The van der Waals surface area contributed by atoms with E-state index in [4.69, 9.17) is 51.1 Å². The lowest BCUT2D eigenvalue weighted by Gasteiger charge is -2.14. The van der Waals surface area contributed by atoms with E-state index in [-0.39, 0.29) is 25.8 Å². The molecule has 0 N–H and O–H groups in total. The molecule has 0 radical (unpaired) electrons. The van der Waals surface area contributed by atoms with E-state index < -0.39 is 0 Å². The van der Waals surface area contributed by atoms with Gasteiger partial charge in [-0.2, -0.15) is 0 Å². The van der Waals surface area contributed by atoms with Crippen LogP contribution in [0.2, 0.25) is 20.1 Å². The Hall–Kier alpha value is -0.860. The summed E-state index contributed by atoms with van der Waals surface area (Å²) in [6, 6.07) is 9.01. The van der Waals surface area contributed by atoms with Crippen LogP contribution in [-0.2, 0) is 6.42 Å². The molecule has 104 valence electrons. The average molecular weight is 348 g/mol. The number of benzene rings is 2. The van der Waals surface area contributed by atoms with Crippen molar-refractivity contribution < 1.29 is 4.74 Å². The largest absolute Gasteiger partial charge is 0.454 e. The fraction of sp³-hybridized carbons (Fsp3) is 0.0667. The van der Waals surface area contributed by atoms with Gasteiger partial charge in [0.1, 0.15) is 15.8 Å². The highest BCUT2D eigenvalue weighted by molar-refractivity contribution is 6.48. The second kappa shape index (κ2) is 6.73. The van der Waals surface area contributed by atoms with E-state index in [1.54, 1.807) is 6.08 Å². The predicted octanol–water partition coefficient (Wildman–Crippen LogP) is 6.82. The molecule has 2 aromatic rings. The van der Waals surface area contributed by atoms with Crippen molar-refractivity contribution in [2.45, 2.75) is 6.42 Å². The first-order valence-electron chi connectivity index (χ1n) is 5.74. The highest BCUT2D eigenvalue weighted by Crippen LogP contribution is 2.45. The lowest BCUT2D eigenvalue weighted by molar-refractivity contribution is 0.478. The standard InChI is InChI=1S/C15H10Cl4O/c1-2-5-9-6-3-4-7-12(9)20-15-13(18)10(16)8-11(17)14(15)19/h2-4,6-8H,1,5H2. The van der Waals surface area contributed by atoms with Crippen LogP contribution in [0.15, 0.2) is 43.0 Å². The van der Waals surface area contributed by atoms with Gasteiger partial charge >= 0.3 is 0 Å². The van der Waals surface area contributed by atoms with Gasteiger partial charge in [0.15, 0.2) is 5.75 Å². The minimum Gasteiger partial charge on any atom is -0.454 e. The molecule has 2 rings (SSSR count). The topological polar surface area (TPSA) is 9.23 Å². The van der Waals surface area contributed by atoms with Gasteiger partial charge in [-0.1, -0.05) is 70.7 Å². The zero-order valence-corrected chi connectivity index (χ0v) is 13.3. The average Bonchev–Trinajstić information content (AvgIpc) is 2.43. The van der Waals surface area contributed by atoms with Crippen molar-refractivity contribution in [3.05, 3.63) is 68.6 Å². The summed E-state index contributed by atoms with van der Waals surface area (Å²) in [7, 11) is 0. The maximum atomic E-state index is 6.13. The van der Waals surface area contributed by atoms with E-state index in [9.17, 15) is 0 Å². The molecular formula is C15H10Cl4O. The predicted molar refractivity (Wildman–Crippen MR) is 86.9 cm³/mol. The van der Waals surface area contributed by atoms with Gasteiger partial charge in [0.2, 0.25) is 0 Å². The van der Waals surface area contributed by atoms with E-state index in [0.717, 1.165) is 5.56 Å². The van der Waals surface area contributed by atoms with Gasteiger partial charge in [-0.15, -0.1) is 6.58 Å². The highest BCUT2D eigenvalue weighted by Gasteiger charge is 2.17. The molecule has 20 heavy (non-hydrogen) atoms. The summed E-state index contributed by atoms with van der Waals surface area (Å²) in [5, 5.41) is 1.04. The van der Waals surface area contributed by atoms with Crippen LogP contribution in [0.25, 0.3) is 0 Å². The normalized spacial score (nSPS) is 10.4. The Morgan fingerprint density at radius 3 is 2.20 bits per heavy atom. The Morgan fingerprint density at radius 1 is 1.00 bits per heavy atom. The molecule has 0 bridgehead atoms. The Morgan fingerprint density at radius 2 is 1.60 bits per heavy atom. The lowest BCUT2D eigenvalue weighted by atomic mass is 10.1. The molecular weight excluding hydrogens is 338 g/mol. The van der Waals surface area contributed by atoms with E-state index in [2.05, 4.69) is 6.58 Å². The molecule has 0 saturated carbocycles. The van der Waals surface area contributed by atoms with E-state index in [1.165, 1.54) is 6.07 Å². The summed E-state index contributed by atoms with van der Waals surface area (Å²) < 4.78 is 5.80. The van der Waals surface area contributed by atoms with Crippen molar-refractivity contribution in [2.24, 2.45) is 0 Å². The Labute approximate surface area is 137 Å². The fourth-order valence-corrected chi connectivity index (χ4v) is 2.55. The van der Waals surface area contributed by atoms with Crippen LogP contribution < -0.4 is 4.74 Å². The summed E-state index contributed by atoms with van der Waals surface area (Å²) in [5.41, 5.74) is 0.964. The summed E-state index contributed by atoms with van der Waals surface area (Å²) in [4.78, 5) is 0. The third kappa shape index (κ3) is 3.24. The number of halogens is 4. The molecule has 0 aliphatic heterocycles. The quantitative estimate of drug-likeness (QED) is 0.435. The lowest BCUT2D eigenvalue weighted by Crippen LogP contribution is -1.93. The first kappa shape index (κ1) is 15.5. The molecule has 0 aromatic heterocycles. The van der Waals surface area contributed by atoms with Crippen LogP contribution in [0, 0.1) is 0 Å². The van der Waals surface area contributed by atoms with Gasteiger partial charge in [0.25, 0.3) is 0 Å². The van der Waals surface area contributed by atoms with Crippen molar-refractivity contribution >= 4 is 46.4 Å². The summed E-state index contributed by atoms with van der Waals surface area (Å²) in [6.45, 7) is 3.72. The first-order chi connectivity index (χ1) is 9.54. The minimum atomic E-state index is 0.231. The molecule has 0 aliphatic carbocycles. The number of hydrogen-bond donors (Lipinski definition) is 0. The highest BCUT2D eigenvalue weighted by atomic mass is 35.5. The first-order valence-corrected chi connectivity index (χ1v) is 7.25. The van der Waals surface area contributed by atoms with Crippen molar-refractivity contribution in [1.82, 2.24) is 0 Å². The zero-order valence-electron chi connectivity index (χ0n) is 10.3. The van der Waals surface area contributed by atoms with Crippen molar-refractivity contribution in [2.75, 3.05) is 0 Å². The molecule has 1 nitrogen and oxygen atoms in total. The van der Waals surface area contributed by atoms with Crippen LogP contribution in [0.5, 0.6) is 11.5 Å². The summed E-state index contributed by atoms with van der Waals surface area (Å²) in [5.74, 6) is 0.886. The third-order valence-electron chi connectivity index (χ3n) is 2.62. The Kier molecular flexibility index (Phi) is 5.22. The van der Waals surface area contributed by atoms with Crippen LogP contribution in [0.1, 0.15) is 5.56 Å². The molecule has 0 fully saturated rings. The second-order valence-electron chi connectivity index (χ2n) is 4.00. The molecule has 0 heterocycles.